The predicted octanol–water partition coefficient (Wildman–Crippen LogP) is 5.27. The van der Waals surface area contributed by atoms with E-state index in [9.17, 15) is 4.79 Å². The topological polar surface area (TPSA) is 112 Å². The van der Waals surface area contributed by atoms with Gasteiger partial charge in [0, 0.05) is 34.1 Å². The molecule has 1 aliphatic heterocycles. The summed E-state index contributed by atoms with van der Waals surface area (Å²) in [4.78, 5) is 15.5. The number of nitrogen functional groups attached to an aromatic ring is 1. The number of benzene rings is 2. The van der Waals surface area contributed by atoms with Crippen molar-refractivity contribution in [1.82, 2.24) is 4.90 Å². The largest absolute Gasteiger partial charge is 0.493 e. The van der Waals surface area contributed by atoms with Gasteiger partial charge in [-0.15, -0.1) is 36.2 Å². The summed E-state index contributed by atoms with van der Waals surface area (Å²) in [6.07, 6.45) is 1.92. The number of hydrogen-bond donors (Lipinski definition) is 3. The van der Waals surface area contributed by atoms with E-state index in [4.69, 9.17) is 26.0 Å². The molecule has 7 nitrogen and oxygen atoms in total. The number of ether oxygens (including phenoxy) is 2. The standard InChI is InChI=1S/C25H28N4O3S.2ClH/c1-16(26)29-11-10-17(14-29)15-31-20-3-5-21(6-4-20)32-24(30)9-7-22-13-19-12-18(25(27)28)2-8-23(19)33-22;;/h2-6,8,12-13,17,26H,7,9-11,14-15H2,1H3,(H3,27,28);2*1H. The van der Waals surface area contributed by atoms with Crippen LogP contribution in [0.5, 0.6) is 11.5 Å². The van der Waals surface area contributed by atoms with Gasteiger partial charge in [-0.25, -0.2) is 0 Å². The van der Waals surface area contributed by atoms with Crippen molar-refractivity contribution in [3.8, 4) is 11.5 Å². The molecule has 4 N–H and O–H groups in total. The Morgan fingerprint density at radius 2 is 1.83 bits per heavy atom. The van der Waals surface area contributed by atoms with E-state index in [0.29, 0.717) is 36.1 Å². The molecule has 188 valence electrons. The summed E-state index contributed by atoms with van der Waals surface area (Å²) in [5.74, 6) is 2.05. The number of nitrogens with zero attached hydrogens (tertiary/aromatic N) is 1. The van der Waals surface area contributed by atoms with Crippen molar-refractivity contribution in [3.63, 3.8) is 0 Å². The molecule has 0 radical (unpaired) electrons. The van der Waals surface area contributed by atoms with Crippen LogP contribution < -0.4 is 15.2 Å². The normalized spacial score (nSPS) is 14.7. The van der Waals surface area contributed by atoms with Gasteiger partial charge < -0.3 is 20.1 Å². The highest BCUT2D eigenvalue weighted by Gasteiger charge is 2.23. The first-order valence-corrected chi connectivity index (χ1v) is 11.8. The number of hydrogen-bond acceptors (Lipinski definition) is 6. The van der Waals surface area contributed by atoms with Crippen LogP contribution in [-0.2, 0) is 11.2 Å². The van der Waals surface area contributed by atoms with Gasteiger partial charge >= 0.3 is 5.97 Å². The van der Waals surface area contributed by atoms with Crippen LogP contribution in [0.3, 0.4) is 0 Å². The molecule has 1 aromatic heterocycles. The van der Waals surface area contributed by atoms with Crippen LogP contribution in [0.1, 0.15) is 30.2 Å². The zero-order valence-corrected chi connectivity index (χ0v) is 21.9. The maximum absolute atomic E-state index is 12.3. The molecule has 1 unspecified atom stereocenters. The fourth-order valence-corrected chi connectivity index (χ4v) is 4.93. The van der Waals surface area contributed by atoms with E-state index in [-0.39, 0.29) is 43.0 Å². The van der Waals surface area contributed by atoms with Gasteiger partial charge in [0.2, 0.25) is 0 Å². The molecular weight excluding hydrogens is 507 g/mol. The van der Waals surface area contributed by atoms with E-state index in [2.05, 4.69) is 4.90 Å². The molecule has 0 saturated carbocycles. The lowest BCUT2D eigenvalue weighted by atomic mass is 10.1. The molecule has 35 heavy (non-hydrogen) atoms. The third kappa shape index (κ3) is 7.59. The molecule has 0 amide bonds. The number of thiophene rings is 1. The van der Waals surface area contributed by atoms with Crippen molar-refractivity contribution < 1.29 is 14.3 Å². The minimum Gasteiger partial charge on any atom is -0.493 e. The van der Waals surface area contributed by atoms with E-state index in [1.165, 1.54) is 0 Å². The number of carbonyl (C=O) groups excluding carboxylic acids is 1. The zero-order valence-electron chi connectivity index (χ0n) is 19.4. The summed E-state index contributed by atoms with van der Waals surface area (Å²) >= 11 is 1.63. The Morgan fingerprint density at radius 1 is 1.11 bits per heavy atom. The van der Waals surface area contributed by atoms with E-state index >= 15 is 0 Å². The fourth-order valence-electron chi connectivity index (χ4n) is 3.89. The van der Waals surface area contributed by atoms with Gasteiger partial charge in [0.15, 0.2) is 0 Å². The van der Waals surface area contributed by atoms with Crippen molar-refractivity contribution in [2.24, 2.45) is 11.7 Å². The maximum Gasteiger partial charge on any atom is 0.311 e. The molecule has 3 aromatic rings. The number of amidine groups is 2. The van der Waals surface area contributed by atoms with Crippen LogP contribution in [-0.4, -0.2) is 42.2 Å². The van der Waals surface area contributed by atoms with E-state index in [1.807, 2.05) is 43.3 Å². The number of halogens is 2. The highest BCUT2D eigenvalue weighted by Crippen LogP contribution is 2.28. The van der Waals surface area contributed by atoms with Gasteiger partial charge in [-0.3, -0.25) is 15.6 Å². The number of likely N-dealkylation sites (tertiary alicyclic amines) is 1. The number of fused-ring (bicyclic) bond motifs is 1. The first-order valence-electron chi connectivity index (χ1n) is 11.0. The lowest BCUT2D eigenvalue weighted by Gasteiger charge is -2.16. The minimum absolute atomic E-state index is 0. The van der Waals surface area contributed by atoms with Crippen LogP contribution >= 0.6 is 36.2 Å². The van der Waals surface area contributed by atoms with E-state index in [1.54, 1.807) is 23.5 Å². The van der Waals surface area contributed by atoms with E-state index in [0.717, 1.165) is 40.2 Å². The molecule has 1 aliphatic rings. The lowest BCUT2D eigenvalue weighted by Crippen LogP contribution is -2.26. The predicted molar refractivity (Wildman–Crippen MR) is 146 cm³/mol. The number of carbonyl (C=O) groups is 1. The summed E-state index contributed by atoms with van der Waals surface area (Å²) in [5, 5.41) is 16.3. The van der Waals surface area contributed by atoms with Gasteiger partial charge in [0.1, 0.15) is 17.3 Å². The molecular formula is C25H30Cl2N4O3S. The number of nitrogens with one attached hydrogen (secondary N) is 2. The Balaban J connectivity index is 0.00000216. The van der Waals surface area contributed by atoms with Crippen molar-refractivity contribution in [2.75, 3.05) is 19.7 Å². The maximum atomic E-state index is 12.3. The Kier molecular flexibility index (Phi) is 10.4. The second kappa shape index (κ2) is 12.8. The molecule has 10 heteroatoms. The van der Waals surface area contributed by atoms with Gasteiger partial charge in [0.25, 0.3) is 0 Å². The lowest BCUT2D eigenvalue weighted by molar-refractivity contribution is -0.134. The van der Waals surface area contributed by atoms with Crippen LogP contribution in [0.25, 0.3) is 10.1 Å². The fraction of sp³-hybridized carbons (Fsp3) is 0.320. The molecule has 0 bridgehead atoms. The quantitative estimate of drug-likeness (QED) is 0.157. The second-order valence-corrected chi connectivity index (χ2v) is 9.49. The first kappa shape index (κ1) is 28.4. The Labute approximate surface area is 221 Å². The third-order valence-corrected chi connectivity index (χ3v) is 6.93. The monoisotopic (exact) mass is 536 g/mol. The molecule has 2 heterocycles. The summed E-state index contributed by atoms with van der Waals surface area (Å²) in [6.45, 7) is 4.21. The molecule has 2 aromatic carbocycles. The summed E-state index contributed by atoms with van der Waals surface area (Å²) in [6, 6.07) is 14.9. The second-order valence-electron chi connectivity index (χ2n) is 8.32. The Morgan fingerprint density at radius 3 is 2.49 bits per heavy atom. The summed E-state index contributed by atoms with van der Waals surface area (Å²) < 4.78 is 12.5. The average molecular weight is 538 g/mol. The Hall–Kier alpha value is -2.81. The molecule has 1 saturated heterocycles. The molecule has 0 spiro atoms. The van der Waals surface area contributed by atoms with Crippen molar-refractivity contribution in [3.05, 3.63) is 59.0 Å². The van der Waals surface area contributed by atoms with E-state index < -0.39 is 0 Å². The van der Waals surface area contributed by atoms with Gasteiger partial charge in [-0.05, 0) is 73.7 Å². The highest BCUT2D eigenvalue weighted by atomic mass is 35.5. The average Bonchev–Trinajstić information content (AvgIpc) is 3.43. The van der Waals surface area contributed by atoms with Crippen LogP contribution in [0.2, 0.25) is 0 Å². The molecule has 1 fully saturated rings. The molecule has 1 atom stereocenters. The number of aryl methyl sites for hydroxylation is 1. The smallest absolute Gasteiger partial charge is 0.311 e. The highest BCUT2D eigenvalue weighted by molar-refractivity contribution is 7.19. The first-order chi connectivity index (χ1) is 15.9. The number of rotatable bonds is 8. The Bertz CT molecular complexity index is 1180. The molecule has 4 rings (SSSR count). The SMILES string of the molecule is CC(=N)N1CCC(COc2ccc(OC(=O)CCc3cc4cc(C(=N)N)ccc4s3)cc2)C1.Cl.Cl. The molecule has 0 aliphatic carbocycles. The third-order valence-electron chi connectivity index (χ3n) is 5.76. The van der Waals surface area contributed by atoms with Crippen molar-refractivity contribution in [2.45, 2.75) is 26.2 Å². The van der Waals surface area contributed by atoms with Gasteiger partial charge in [-0.2, -0.15) is 0 Å². The van der Waals surface area contributed by atoms with Gasteiger partial charge in [0.05, 0.1) is 18.9 Å². The van der Waals surface area contributed by atoms with Gasteiger partial charge in [-0.1, -0.05) is 0 Å². The zero-order chi connectivity index (χ0) is 23.4. The minimum atomic E-state index is -0.279. The van der Waals surface area contributed by atoms with Crippen molar-refractivity contribution >= 4 is 63.9 Å². The van der Waals surface area contributed by atoms with Crippen LogP contribution in [0.15, 0.2) is 48.5 Å². The summed E-state index contributed by atoms with van der Waals surface area (Å²) in [5.41, 5.74) is 6.26. The van der Waals surface area contributed by atoms with Crippen molar-refractivity contribution in [1.29, 1.82) is 10.8 Å². The van der Waals surface area contributed by atoms with Crippen LogP contribution in [0, 0.1) is 16.7 Å². The number of esters is 1. The van der Waals surface area contributed by atoms with Crippen LogP contribution in [0.4, 0.5) is 0 Å². The summed E-state index contributed by atoms with van der Waals surface area (Å²) in [7, 11) is 0. The number of nitrogens with two attached hydrogens (primary N) is 1.